The van der Waals surface area contributed by atoms with Gasteiger partial charge in [-0.25, -0.2) is 0 Å². The minimum Gasteiger partial charge on any atom is -0.392 e. The Balaban J connectivity index is 3.04. The molecule has 1 rings (SSSR count). The maximum absolute atomic E-state index is 12.2. The molecule has 0 fully saturated rings. The largest absolute Gasteiger partial charge is 0.416 e. The third-order valence-corrected chi connectivity index (χ3v) is 2.06. The summed E-state index contributed by atoms with van der Waals surface area (Å²) < 4.78 is 36.7. The fourth-order valence-corrected chi connectivity index (χ4v) is 1.26. The lowest BCUT2D eigenvalue weighted by atomic mass is 10.1. The highest BCUT2D eigenvalue weighted by Crippen LogP contribution is 2.32. The van der Waals surface area contributed by atoms with Gasteiger partial charge >= 0.3 is 6.18 Å². The van der Waals surface area contributed by atoms with E-state index in [2.05, 4.69) is 0 Å². The maximum atomic E-state index is 12.2. The number of hydrogen-bond acceptors (Lipinski definition) is 1. The van der Waals surface area contributed by atoms with E-state index >= 15 is 0 Å². The topological polar surface area (TPSA) is 20.2 Å². The van der Waals surface area contributed by atoms with Crippen molar-refractivity contribution >= 4 is 17.7 Å². The zero-order valence-electron chi connectivity index (χ0n) is 7.55. The molecule has 0 radical (unpaired) electrons. The first-order valence-corrected chi connectivity index (χ1v) is 4.47. The predicted octanol–water partition coefficient (Wildman–Crippen LogP) is 3.36. The molecule has 0 heterocycles. The maximum Gasteiger partial charge on any atom is 0.416 e. The average Bonchev–Trinajstić information content (AvgIpc) is 2.14. The van der Waals surface area contributed by atoms with Gasteiger partial charge in [0.2, 0.25) is 0 Å². The third-order valence-electron chi connectivity index (χ3n) is 1.73. The van der Waals surface area contributed by atoms with Crippen LogP contribution in [0, 0.1) is 0 Å². The van der Waals surface area contributed by atoms with Crippen LogP contribution in [0.2, 0.25) is 5.02 Å². The highest BCUT2D eigenvalue weighted by atomic mass is 35.5. The molecule has 0 amide bonds. The molecule has 1 nitrogen and oxygen atoms in total. The van der Waals surface area contributed by atoms with Gasteiger partial charge in [0.25, 0.3) is 0 Å². The summed E-state index contributed by atoms with van der Waals surface area (Å²) in [6.07, 6.45) is -1.53. The summed E-state index contributed by atoms with van der Waals surface area (Å²) in [4.78, 5) is 0. The molecule has 0 bridgehead atoms. The molecule has 0 aliphatic heterocycles. The lowest BCUT2D eigenvalue weighted by Gasteiger charge is -2.07. The Kier molecular flexibility index (Phi) is 3.77. The first kappa shape index (κ1) is 12.1. The molecule has 0 atom stereocenters. The number of rotatable bonds is 2. The van der Waals surface area contributed by atoms with Crippen molar-refractivity contribution in [3.8, 4) is 0 Å². The Bertz CT molecular complexity index is 371. The molecule has 5 heteroatoms. The van der Waals surface area contributed by atoms with Crippen LogP contribution in [0.25, 0.3) is 6.08 Å². The van der Waals surface area contributed by atoms with Crippen LogP contribution < -0.4 is 0 Å². The number of aliphatic hydroxyl groups is 1. The number of halogens is 4. The summed E-state index contributed by atoms with van der Waals surface area (Å²) >= 11 is 5.64. The van der Waals surface area contributed by atoms with E-state index in [0.717, 1.165) is 12.1 Å². The van der Waals surface area contributed by atoms with Crippen molar-refractivity contribution in [1.82, 2.24) is 0 Å². The molecule has 0 unspecified atom stereocenters. The Morgan fingerprint density at radius 1 is 1.33 bits per heavy atom. The van der Waals surface area contributed by atoms with Crippen LogP contribution in [-0.2, 0) is 6.18 Å². The zero-order valence-corrected chi connectivity index (χ0v) is 8.31. The molecule has 0 saturated carbocycles. The monoisotopic (exact) mass is 236 g/mol. The number of hydrogen-bond donors (Lipinski definition) is 1. The van der Waals surface area contributed by atoms with Crippen molar-refractivity contribution in [2.45, 2.75) is 6.18 Å². The lowest BCUT2D eigenvalue weighted by Crippen LogP contribution is -2.04. The molecule has 15 heavy (non-hydrogen) atoms. The average molecular weight is 237 g/mol. The summed E-state index contributed by atoms with van der Waals surface area (Å²) in [5, 5.41) is 8.50. The molecule has 0 aliphatic rings. The van der Waals surface area contributed by atoms with Gasteiger partial charge in [-0.3, -0.25) is 0 Å². The van der Waals surface area contributed by atoms with Crippen LogP contribution >= 0.6 is 11.6 Å². The standard InChI is InChI=1S/C10H8ClF3O/c11-9-6-8(10(12,13)14)4-3-7(9)2-1-5-15/h1-4,6,15H,5H2. The Morgan fingerprint density at radius 3 is 2.47 bits per heavy atom. The van der Waals surface area contributed by atoms with Crippen LogP contribution in [0.3, 0.4) is 0 Å². The molecule has 0 aliphatic carbocycles. The highest BCUT2D eigenvalue weighted by Gasteiger charge is 2.30. The van der Waals surface area contributed by atoms with Crippen molar-refractivity contribution in [2.24, 2.45) is 0 Å². The predicted molar refractivity (Wildman–Crippen MR) is 52.6 cm³/mol. The van der Waals surface area contributed by atoms with E-state index in [1.165, 1.54) is 18.2 Å². The van der Waals surface area contributed by atoms with Gasteiger partial charge in [-0.15, -0.1) is 0 Å². The van der Waals surface area contributed by atoms with Crippen LogP contribution in [-0.4, -0.2) is 11.7 Å². The zero-order chi connectivity index (χ0) is 11.5. The van der Waals surface area contributed by atoms with E-state index < -0.39 is 11.7 Å². The summed E-state index contributed by atoms with van der Waals surface area (Å²) in [6.45, 7) is -0.183. The summed E-state index contributed by atoms with van der Waals surface area (Å²) in [5.74, 6) is 0. The normalized spacial score (nSPS) is 12.3. The fourth-order valence-electron chi connectivity index (χ4n) is 1.02. The molecule has 0 aromatic heterocycles. The number of benzene rings is 1. The minimum absolute atomic E-state index is 0.00882. The van der Waals surface area contributed by atoms with Gasteiger partial charge in [0.15, 0.2) is 0 Å². The van der Waals surface area contributed by atoms with E-state index in [9.17, 15) is 13.2 Å². The SMILES string of the molecule is OCC=Cc1ccc(C(F)(F)F)cc1Cl. The van der Waals surface area contributed by atoms with Crippen LogP contribution in [0.4, 0.5) is 13.2 Å². The van der Waals surface area contributed by atoms with Gasteiger partial charge in [-0.1, -0.05) is 29.8 Å². The van der Waals surface area contributed by atoms with Gasteiger partial charge < -0.3 is 5.11 Å². The van der Waals surface area contributed by atoms with Crippen LogP contribution in [0.1, 0.15) is 11.1 Å². The van der Waals surface area contributed by atoms with Gasteiger partial charge in [-0.2, -0.15) is 13.2 Å². The van der Waals surface area contributed by atoms with E-state index in [0.29, 0.717) is 5.56 Å². The Morgan fingerprint density at radius 2 is 2.00 bits per heavy atom. The van der Waals surface area contributed by atoms with Gasteiger partial charge in [0.1, 0.15) is 0 Å². The Hall–Kier alpha value is -1.00. The van der Waals surface area contributed by atoms with Gasteiger partial charge in [-0.05, 0) is 17.7 Å². The quantitative estimate of drug-likeness (QED) is 0.835. The molecule has 1 N–H and O–H groups in total. The molecule has 82 valence electrons. The van der Waals surface area contributed by atoms with E-state index in [-0.39, 0.29) is 11.6 Å². The summed E-state index contributed by atoms with van der Waals surface area (Å²) in [7, 11) is 0. The van der Waals surface area contributed by atoms with Crippen molar-refractivity contribution in [3.05, 3.63) is 40.4 Å². The molecule has 1 aromatic rings. The van der Waals surface area contributed by atoms with Crippen LogP contribution in [0.5, 0.6) is 0 Å². The first-order valence-electron chi connectivity index (χ1n) is 4.09. The van der Waals surface area contributed by atoms with Crippen molar-refractivity contribution in [3.63, 3.8) is 0 Å². The smallest absolute Gasteiger partial charge is 0.392 e. The highest BCUT2D eigenvalue weighted by molar-refractivity contribution is 6.32. The van der Waals surface area contributed by atoms with Gasteiger partial charge in [0.05, 0.1) is 12.2 Å². The van der Waals surface area contributed by atoms with E-state index in [4.69, 9.17) is 16.7 Å². The summed E-state index contributed by atoms with van der Waals surface area (Å²) in [6, 6.07) is 3.07. The third kappa shape index (κ3) is 3.25. The fraction of sp³-hybridized carbons (Fsp3) is 0.200. The molecular formula is C10H8ClF3O. The van der Waals surface area contributed by atoms with E-state index in [1.54, 1.807) is 0 Å². The minimum atomic E-state index is -4.39. The second kappa shape index (κ2) is 4.68. The summed E-state index contributed by atoms with van der Waals surface area (Å²) in [5.41, 5.74) is -0.340. The number of alkyl halides is 3. The van der Waals surface area contributed by atoms with Crippen molar-refractivity contribution < 1.29 is 18.3 Å². The second-order valence-electron chi connectivity index (χ2n) is 2.82. The van der Waals surface area contributed by atoms with E-state index in [1.807, 2.05) is 0 Å². The van der Waals surface area contributed by atoms with Gasteiger partial charge in [0, 0.05) is 5.02 Å². The number of aliphatic hydroxyl groups excluding tert-OH is 1. The van der Waals surface area contributed by atoms with Crippen molar-refractivity contribution in [1.29, 1.82) is 0 Å². The second-order valence-corrected chi connectivity index (χ2v) is 3.23. The first-order chi connectivity index (χ1) is 6.95. The molecule has 1 aromatic carbocycles. The molecule has 0 saturated heterocycles. The lowest BCUT2D eigenvalue weighted by molar-refractivity contribution is -0.137. The molecular weight excluding hydrogens is 229 g/mol. The van der Waals surface area contributed by atoms with Crippen molar-refractivity contribution in [2.75, 3.05) is 6.61 Å². The molecule has 0 spiro atoms. The van der Waals surface area contributed by atoms with Crippen LogP contribution in [0.15, 0.2) is 24.3 Å². The Labute approximate surface area is 89.8 Å².